The van der Waals surface area contributed by atoms with Gasteiger partial charge in [0.2, 0.25) is 0 Å². The highest BCUT2D eigenvalue weighted by Crippen LogP contribution is 2.30. The van der Waals surface area contributed by atoms with Crippen molar-refractivity contribution in [2.24, 2.45) is 0 Å². The van der Waals surface area contributed by atoms with Gasteiger partial charge in [-0.15, -0.1) is 0 Å². The number of methoxy groups -OCH3 is 1. The van der Waals surface area contributed by atoms with Gasteiger partial charge < -0.3 is 19.0 Å². The van der Waals surface area contributed by atoms with Gasteiger partial charge in [-0.1, -0.05) is 0 Å². The molecule has 0 radical (unpaired) electrons. The van der Waals surface area contributed by atoms with Gasteiger partial charge in [-0.05, 0) is 17.7 Å². The smallest absolute Gasteiger partial charge is 0.336 e. The van der Waals surface area contributed by atoms with Gasteiger partial charge in [0, 0.05) is 18.6 Å². The molecule has 0 aliphatic rings. The Hall–Kier alpha value is -2.34. The Morgan fingerprint density at radius 1 is 1.35 bits per heavy atom. The molecule has 106 valence electrons. The summed E-state index contributed by atoms with van der Waals surface area (Å²) in [6.45, 7) is 1.03. The number of aliphatic hydroxyl groups is 1. The minimum atomic E-state index is -0.559. The summed E-state index contributed by atoms with van der Waals surface area (Å²) in [5.74, 6) is -0.00483. The zero-order valence-electron chi connectivity index (χ0n) is 11.1. The van der Waals surface area contributed by atoms with Crippen LogP contribution in [0.4, 0.5) is 0 Å². The fraction of sp³-hybridized carbons (Fsp3) is 0.286. The molecule has 1 N–H and O–H groups in total. The van der Waals surface area contributed by atoms with Crippen LogP contribution in [0.1, 0.15) is 18.1 Å². The zero-order chi connectivity index (χ0) is 14.7. The molecule has 0 aliphatic heterocycles. The molecule has 0 spiro atoms. The number of hydrogen-bond acceptors (Lipinski definition) is 6. The lowest BCUT2D eigenvalue weighted by atomic mass is 10.1. The first-order valence-corrected chi connectivity index (χ1v) is 5.93. The maximum absolute atomic E-state index is 11.5. The Balaban J connectivity index is 2.67. The Labute approximate surface area is 114 Å². The van der Waals surface area contributed by atoms with E-state index in [0.717, 1.165) is 0 Å². The third kappa shape index (κ3) is 2.80. The Kier molecular flexibility index (Phi) is 4.05. The van der Waals surface area contributed by atoms with Crippen molar-refractivity contribution in [1.82, 2.24) is 0 Å². The lowest BCUT2D eigenvalue weighted by molar-refractivity contribution is -0.142. The molecule has 2 aromatic rings. The van der Waals surface area contributed by atoms with Crippen molar-refractivity contribution in [2.45, 2.75) is 20.1 Å². The van der Waals surface area contributed by atoms with Crippen LogP contribution in [0.25, 0.3) is 11.0 Å². The van der Waals surface area contributed by atoms with E-state index in [1.807, 2.05) is 0 Å². The number of aliphatic hydroxyl groups excluding tert-OH is 1. The number of ether oxygens (including phenoxy) is 2. The van der Waals surface area contributed by atoms with Crippen LogP contribution in [-0.4, -0.2) is 18.2 Å². The molecule has 2 rings (SSSR count). The monoisotopic (exact) mass is 278 g/mol. The molecular formula is C14H14O6. The average Bonchev–Trinajstić information content (AvgIpc) is 2.42. The van der Waals surface area contributed by atoms with Crippen LogP contribution < -0.4 is 10.4 Å². The van der Waals surface area contributed by atoms with Crippen molar-refractivity contribution in [3.63, 3.8) is 0 Å². The standard InChI is InChI=1S/C14H14O6/c1-8(16)19-7-10-5-13(17)20-12-4-9(6-15)3-11(18-2)14(10)12/h3-5,15H,6-7H2,1-2H3. The van der Waals surface area contributed by atoms with Crippen molar-refractivity contribution < 1.29 is 23.8 Å². The minimum absolute atomic E-state index is 0.0493. The zero-order valence-corrected chi connectivity index (χ0v) is 11.1. The second-order valence-corrected chi connectivity index (χ2v) is 4.20. The molecule has 0 bridgehead atoms. The van der Waals surface area contributed by atoms with Crippen molar-refractivity contribution in [2.75, 3.05) is 7.11 Å². The molecule has 1 aromatic carbocycles. The maximum Gasteiger partial charge on any atom is 0.336 e. The van der Waals surface area contributed by atoms with E-state index in [4.69, 9.17) is 13.9 Å². The van der Waals surface area contributed by atoms with Crippen LogP contribution in [0.5, 0.6) is 5.75 Å². The molecule has 0 saturated carbocycles. The molecule has 1 aromatic heterocycles. The van der Waals surface area contributed by atoms with Gasteiger partial charge in [-0.2, -0.15) is 0 Å². The molecular weight excluding hydrogens is 264 g/mol. The second kappa shape index (κ2) is 5.75. The van der Waals surface area contributed by atoms with E-state index in [1.54, 1.807) is 12.1 Å². The van der Waals surface area contributed by atoms with E-state index in [0.29, 0.717) is 22.3 Å². The molecule has 0 aliphatic carbocycles. The molecule has 0 saturated heterocycles. The summed E-state index contributed by atoms with van der Waals surface area (Å²) in [6.07, 6.45) is 0. The van der Waals surface area contributed by atoms with Gasteiger partial charge in [0.25, 0.3) is 0 Å². The first kappa shape index (κ1) is 14.1. The normalized spacial score (nSPS) is 10.6. The summed E-state index contributed by atoms with van der Waals surface area (Å²) in [7, 11) is 1.47. The molecule has 20 heavy (non-hydrogen) atoms. The predicted octanol–water partition coefficient (Wildman–Crippen LogP) is 1.36. The Morgan fingerprint density at radius 2 is 2.10 bits per heavy atom. The second-order valence-electron chi connectivity index (χ2n) is 4.20. The summed E-state index contributed by atoms with van der Waals surface area (Å²) in [4.78, 5) is 22.4. The SMILES string of the molecule is COc1cc(CO)cc2oc(=O)cc(COC(C)=O)c12. The van der Waals surface area contributed by atoms with Gasteiger partial charge in [-0.25, -0.2) is 4.79 Å². The fourth-order valence-electron chi connectivity index (χ4n) is 1.94. The molecule has 6 nitrogen and oxygen atoms in total. The quantitative estimate of drug-likeness (QED) is 0.671. The van der Waals surface area contributed by atoms with Crippen molar-refractivity contribution in [3.05, 3.63) is 39.7 Å². The highest BCUT2D eigenvalue weighted by atomic mass is 16.5. The summed E-state index contributed by atoms with van der Waals surface area (Å²) >= 11 is 0. The number of hydrogen-bond donors (Lipinski definition) is 1. The first-order chi connectivity index (χ1) is 9.55. The van der Waals surface area contributed by atoms with Crippen molar-refractivity contribution in [1.29, 1.82) is 0 Å². The molecule has 6 heteroatoms. The summed E-state index contributed by atoms with van der Waals surface area (Å²) in [5.41, 5.74) is 0.773. The maximum atomic E-state index is 11.5. The van der Waals surface area contributed by atoms with Crippen LogP contribution in [-0.2, 0) is 22.7 Å². The fourth-order valence-corrected chi connectivity index (χ4v) is 1.94. The summed E-state index contributed by atoms with van der Waals surface area (Å²) < 4.78 is 15.3. The highest BCUT2D eigenvalue weighted by molar-refractivity contribution is 5.87. The van der Waals surface area contributed by atoms with E-state index in [1.165, 1.54) is 20.1 Å². The van der Waals surface area contributed by atoms with Gasteiger partial charge in [-0.3, -0.25) is 4.79 Å². The minimum Gasteiger partial charge on any atom is -0.496 e. The third-order valence-electron chi connectivity index (χ3n) is 2.78. The molecule has 0 atom stereocenters. The van der Waals surface area contributed by atoms with E-state index < -0.39 is 11.6 Å². The van der Waals surface area contributed by atoms with Crippen LogP contribution in [0.3, 0.4) is 0 Å². The van der Waals surface area contributed by atoms with E-state index in [-0.39, 0.29) is 18.8 Å². The number of fused-ring (bicyclic) bond motifs is 1. The first-order valence-electron chi connectivity index (χ1n) is 5.93. The highest BCUT2D eigenvalue weighted by Gasteiger charge is 2.13. The van der Waals surface area contributed by atoms with Crippen LogP contribution in [0.2, 0.25) is 0 Å². The summed E-state index contributed by atoms with van der Waals surface area (Å²) in [5, 5.41) is 9.73. The van der Waals surface area contributed by atoms with Crippen LogP contribution in [0.15, 0.2) is 27.4 Å². The van der Waals surface area contributed by atoms with Gasteiger partial charge in [0.1, 0.15) is 17.9 Å². The Morgan fingerprint density at radius 3 is 2.70 bits per heavy atom. The summed E-state index contributed by atoms with van der Waals surface area (Å²) in [6, 6.07) is 4.45. The number of rotatable bonds is 4. The van der Waals surface area contributed by atoms with Crippen molar-refractivity contribution >= 4 is 16.9 Å². The number of benzene rings is 1. The van der Waals surface area contributed by atoms with E-state index in [9.17, 15) is 14.7 Å². The molecule has 1 heterocycles. The molecule has 0 amide bonds. The topological polar surface area (TPSA) is 86.0 Å². The van der Waals surface area contributed by atoms with Gasteiger partial charge >= 0.3 is 11.6 Å². The van der Waals surface area contributed by atoms with E-state index >= 15 is 0 Å². The average molecular weight is 278 g/mol. The molecule has 0 fully saturated rings. The number of esters is 1. The van der Waals surface area contributed by atoms with Crippen molar-refractivity contribution in [3.8, 4) is 5.75 Å². The Bertz CT molecular complexity index is 701. The molecule has 0 unspecified atom stereocenters. The third-order valence-corrected chi connectivity index (χ3v) is 2.78. The number of carbonyl (C=O) groups is 1. The predicted molar refractivity (Wildman–Crippen MR) is 70.4 cm³/mol. The van der Waals surface area contributed by atoms with Crippen LogP contribution in [0, 0.1) is 0 Å². The lowest BCUT2D eigenvalue weighted by Crippen LogP contribution is -2.06. The van der Waals surface area contributed by atoms with Crippen LogP contribution >= 0.6 is 0 Å². The lowest BCUT2D eigenvalue weighted by Gasteiger charge is -2.11. The van der Waals surface area contributed by atoms with E-state index in [2.05, 4.69) is 0 Å². The van der Waals surface area contributed by atoms with Gasteiger partial charge in [0.05, 0.1) is 19.1 Å². The number of carbonyl (C=O) groups excluding carboxylic acids is 1. The largest absolute Gasteiger partial charge is 0.496 e. The van der Waals surface area contributed by atoms with Gasteiger partial charge in [0.15, 0.2) is 0 Å².